The minimum atomic E-state index is -0.362. The van der Waals surface area contributed by atoms with E-state index < -0.39 is 0 Å². The van der Waals surface area contributed by atoms with E-state index in [0.717, 1.165) is 0 Å². The Hall–Kier alpha value is -1.55. The summed E-state index contributed by atoms with van der Waals surface area (Å²) < 4.78 is 14.2. The molecule has 0 unspecified atom stereocenters. The molecule has 1 heterocycles. The predicted molar refractivity (Wildman–Crippen MR) is 70.8 cm³/mol. The minimum absolute atomic E-state index is 0.0464. The molecule has 2 aromatic rings. The van der Waals surface area contributed by atoms with Crippen molar-refractivity contribution in [1.29, 1.82) is 0 Å². The van der Waals surface area contributed by atoms with Gasteiger partial charge in [-0.05, 0) is 29.8 Å². The molecule has 1 aromatic carbocycles. The Bertz CT molecular complexity index is 557. The topological polar surface area (TPSA) is 30.0 Å². The predicted octanol–water partition coefficient (Wildman–Crippen LogP) is 3.34. The maximum absolute atomic E-state index is 13.6. The lowest BCUT2D eigenvalue weighted by Crippen LogP contribution is -2.08. The standard InChI is InChI=1S/C14H11BrFNO/c15-11-5-4-10(14(16)8-11)7-13(18)9-12-3-1-2-6-17-12/h1-6,8H,7,9H2. The first-order valence-corrected chi connectivity index (χ1v) is 6.30. The van der Waals surface area contributed by atoms with E-state index in [1.54, 1.807) is 30.5 Å². The van der Waals surface area contributed by atoms with Gasteiger partial charge in [-0.1, -0.05) is 28.1 Å². The number of nitrogens with zero attached hydrogens (tertiary/aromatic N) is 1. The molecule has 0 atom stereocenters. The molecule has 0 amide bonds. The van der Waals surface area contributed by atoms with E-state index in [1.165, 1.54) is 6.07 Å². The Morgan fingerprint density at radius 3 is 2.72 bits per heavy atom. The number of carbonyl (C=O) groups excluding carboxylic acids is 1. The summed E-state index contributed by atoms with van der Waals surface area (Å²) in [6, 6.07) is 10.1. The molecule has 0 aliphatic rings. The van der Waals surface area contributed by atoms with Gasteiger partial charge in [0, 0.05) is 29.2 Å². The molecule has 92 valence electrons. The van der Waals surface area contributed by atoms with Gasteiger partial charge < -0.3 is 0 Å². The van der Waals surface area contributed by atoms with E-state index in [0.29, 0.717) is 15.7 Å². The largest absolute Gasteiger partial charge is 0.299 e. The Balaban J connectivity index is 2.03. The lowest BCUT2D eigenvalue weighted by Gasteiger charge is -2.03. The molecule has 0 bridgehead atoms. The number of Topliss-reactive ketones (excluding diaryl/α,β-unsaturated/α-hetero) is 1. The van der Waals surface area contributed by atoms with E-state index in [1.807, 2.05) is 6.07 Å². The van der Waals surface area contributed by atoms with Crippen LogP contribution in [0.15, 0.2) is 47.1 Å². The lowest BCUT2D eigenvalue weighted by atomic mass is 10.1. The average molecular weight is 308 g/mol. The number of benzene rings is 1. The SMILES string of the molecule is O=C(Cc1ccccn1)Cc1ccc(Br)cc1F. The number of rotatable bonds is 4. The molecule has 2 rings (SSSR count). The third-order valence-corrected chi connectivity index (χ3v) is 3.00. The first-order valence-electron chi connectivity index (χ1n) is 5.50. The van der Waals surface area contributed by atoms with Gasteiger partial charge in [-0.3, -0.25) is 9.78 Å². The first kappa shape index (κ1) is 12.9. The fourth-order valence-corrected chi connectivity index (χ4v) is 1.98. The van der Waals surface area contributed by atoms with E-state index in [-0.39, 0.29) is 24.4 Å². The number of aromatic nitrogens is 1. The summed E-state index contributed by atoms with van der Waals surface area (Å²) in [7, 11) is 0. The molecule has 0 N–H and O–H groups in total. The number of pyridine rings is 1. The van der Waals surface area contributed by atoms with Crippen LogP contribution in [0.2, 0.25) is 0 Å². The van der Waals surface area contributed by atoms with Crippen molar-refractivity contribution in [3.63, 3.8) is 0 Å². The van der Waals surface area contributed by atoms with E-state index in [9.17, 15) is 9.18 Å². The van der Waals surface area contributed by atoms with Gasteiger partial charge >= 0.3 is 0 Å². The van der Waals surface area contributed by atoms with Gasteiger partial charge in [0.25, 0.3) is 0 Å². The first-order chi connectivity index (χ1) is 8.65. The highest BCUT2D eigenvalue weighted by Gasteiger charge is 2.09. The van der Waals surface area contributed by atoms with Crippen molar-refractivity contribution in [1.82, 2.24) is 4.98 Å². The van der Waals surface area contributed by atoms with Crippen LogP contribution in [0.25, 0.3) is 0 Å². The molecule has 0 radical (unpaired) electrons. The van der Waals surface area contributed by atoms with Crippen LogP contribution >= 0.6 is 15.9 Å². The maximum Gasteiger partial charge on any atom is 0.143 e. The second kappa shape index (κ2) is 5.87. The molecule has 0 saturated carbocycles. The van der Waals surface area contributed by atoms with E-state index in [2.05, 4.69) is 20.9 Å². The van der Waals surface area contributed by atoms with Crippen molar-refractivity contribution in [2.45, 2.75) is 12.8 Å². The Morgan fingerprint density at radius 2 is 2.06 bits per heavy atom. The Kier molecular flexibility index (Phi) is 4.20. The number of hydrogen-bond acceptors (Lipinski definition) is 2. The quantitative estimate of drug-likeness (QED) is 0.867. The molecular formula is C14H11BrFNO. The van der Waals surface area contributed by atoms with Gasteiger partial charge in [-0.2, -0.15) is 0 Å². The number of ketones is 1. The van der Waals surface area contributed by atoms with Crippen molar-refractivity contribution < 1.29 is 9.18 Å². The lowest BCUT2D eigenvalue weighted by molar-refractivity contribution is -0.117. The normalized spacial score (nSPS) is 10.3. The summed E-state index contributed by atoms with van der Waals surface area (Å²) in [5.41, 5.74) is 1.12. The van der Waals surface area contributed by atoms with E-state index in [4.69, 9.17) is 0 Å². The zero-order chi connectivity index (χ0) is 13.0. The molecule has 0 aliphatic carbocycles. The molecule has 1 aromatic heterocycles. The van der Waals surface area contributed by atoms with Crippen LogP contribution in [0.1, 0.15) is 11.3 Å². The van der Waals surface area contributed by atoms with Crippen molar-refractivity contribution in [3.8, 4) is 0 Å². The van der Waals surface area contributed by atoms with Crippen LogP contribution in [0, 0.1) is 5.82 Å². The number of carbonyl (C=O) groups is 1. The molecule has 0 saturated heterocycles. The van der Waals surface area contributed by atoms with E-state index >= 15 is 0 Å². The molecule has 18 heavy (non-hydrogen) atoms. The zero-order valence-corrected chi connectivity index (χ0v) is 11.2. The van der Waals surface area contributed by atoms with Crippen molar-refractivity contribution in [2.24, 2.45) is 0 Å². The van der Waals surface area contributed by atoms with Crippen molar-refractivity contribution in [3.05, 3.63) is 64.1 Å². The van der Waals surface area contributed by atoms with Crippen LogP contribution in [0.4, 0.5) is 4.39 Å². The molecule has 4 heteroatoms. The number of hydrogen-bond donors (Lipinski definition) is 0. The highest BCUT2D eigenvalue weighted by Crippen LogP contribution is 2.16. The van der Waals surface area contributed by atoms with Gasteiger partial charge in [0.05, 0.1) is 0 Å². The van der Waals surface area contributed by atoms with Crippen molar-refractivity contribution >= 4 is 21.7 Å². The summed E-state index contributed by atoms with van der Waals surface area (Å²) in [6.45, 7) is 0. The van der Waals surface area contributed by atoms with Gasteiger partial charge in [0.1, 0.15) is 11.6 Å². The second-order valence-electron chi connectivity index (χ2n) is 3.95. The molecule has 0 spiro atoms. The van der Waals surface area contributed by atoms with Crippen LogP contribution in [-0.4, -0.2) is 10.8 Å². The third-order valence-electron chi connectivity index (χ3n) is 2.51. The van der Waals surface area contributed by atoms with Gasteiger partial charge in [0.15, 0.2) is 0 Å². The zero-order valence-electron chi connectivity index (χ0n) is 9.57. The summed E-state index contributed by atoms with van der Waals surface area (Å²) in [5.74, 6) is -0.409. The second-order valence-corrected chi connectivity index (χ2v) is 4.86. The molecule has 2 nitrogen and oxygen atoms in total. The average Bonchev–Trinajstić information content (AvgIpc) is 2.34. The van der Waals surface area contributed by atoms with Gasteiger partial charge in [0.2, 0.25) is 0 Å². The van der Waals surface area contributed by atoms with Crippen LogP contribution in [-0.2, 0) is 17.6 Å². The van der Waals surface area contributed by atoms with Crippen LogP contribution in [0.3, 0.4) is 0 Å². The minimum Gasteiger partial charge on any atom is -0.299 e. The van der Waals surface area contributed by atoms with Crippen LogP contribution in [0.5, 0.6) is 0 Å². The highest BCUT2D eigenvalue weighted by molar-refractivity contribution is 9.10. The molecule has 0 fully saturated rings. The highest BCUT2D eigenvalue weighted by atomic mass is 79.9. The van der Waals surface area contributed by atoms with Crippen LogP contribution < -0.4 is 0 Å². The van der Waals surface area contributed by atoms with Gasteiger partial charge in [-0.15, -0.1) is 0 Å². The summed E-state index contributed by atoms with van der Waals surface area (Å²) in [6.07, 6.45) is 1.97. The smallest absolute Gasteiger partial charge is 0.143 e. The Morgan fingerprint density at radius 1 is 1.22 bits per heavy atom. The molecular weight excluding hydrogens is 297 g/mol. The fraction of sp³-hybridized carbons (Fsp3) is 0.143. The van der Waals surface area contributed by atoms with Gasteiger partial charge in [-0.25, -0.2) is 4.39 Å². The Labute approximate surface area is 113 Å². The third kappa shape index (κ3) is 3.47. The molecule has 0 aliphatic heterocycles. The monoisotopic (exact) mass is 307 g/mol. The fourth-order valence-electron chi connectivity index (χ4n) is 1.64. The maximum atomic E-state index is 13.6. The summed E-state index contributed by atoms with van der Waals surface area (Å²) in [4.78, 5) is 15.9. The summed E-state index contributed by atoms with van der Waals surface area (Å²) in [5, 5.41) is 0. The number of halogens is 2. The van der Waals surface area contributed by atoms with Crippen molar-refractivity contribution in [2.75, 3.05) is 0 Å². The summed E-state index contributed by atoms with van der Waals surface area (Å²) >= 11 is 3.18.